The fraction of sp³-hybridized carbons (Fsp3) is 0.381. The van der Waals surface area contributed by atoms with Crippen molar-refractivity contribution in [2.24, 2.45) is 5.92 Å². The zero-order valence-corrected chi connectivity index (χ0v) is 16.9. The second-order valence-electron chi connectivity index (χ2n) is 6.82. The lowest BCUT2D eigenvalue weighted by molar-refractivity contribution is -0.126. The zero-order chi connectivity index (χ0) is 19.2. The van der Waals surface area contributed by atoms with Gasteiger partial charge in [-0.15, -0.1) is 0 Å². The summed E-state index contributed by atoms with van der Waals surface area (Å²) >= 11 is 12.5. The van der Waals surface area contributed by atoms with E-state index in [4.69, 9.17) is 27.9 Å². The van der Waals surface area contributed by atoms with Gasteiger partial charge in [0.2, 0.25) is 5.91 Å². The lowest BCUT2D eigenvalue weighted by Gasteiger charge is -2.31. The van der Waals surface area contributed by atoms with E-state index in [-0.39, 0.29) is 11.8 Å². The van der Waals surface area contributed by atoms with Crippen molar-refractivity contribution in [1.82, 2.24) is 10.2 Å². The Balaban J connectivity index is 1.47. The maximum Gasteiger partial charge on any atom is 0.223 e. The molecule has 1 aliphatic rings. The van der Waals surface area contributed by atoms with E-state index in [1.54, 1.807) is 7.11 Å². The Morgan fingerprint density at radius 3 is 2.48 bits per heavy atom. The predicted octanol–water partition coefficient (Wildman–Crippen LogP) is 4.53. The fourth-order valence-corrected chi connectivity index (χ4v) is 3.89. The molecule has 1 N–H and O–H groups in total. The number of halogens is 2. The number of nitrogens with zero attached hydrogens (tertiary/aromatic N) is 1. The SMILES string of the molecule is COc1cccc(CNC(=O)C2CCN(Cc3c(Cl)cccc3Cl)CC2)c1. The van der Waals surface area contributed by atoms with Crippen molar-refractivity contribution < 1.29 is 9.53 Å². The Morgan fingerprint density at radius 2 is 1.81 bits per heavy atom. The highest BCUT2D eigenvalue weighted by molar-refractivity contribution is 6.35. The molecule has 1 heterocycles. The van der Waals surface area contributed by atoms with E-state index in [9.17, 15) is 4.79 Å². The Labute approximate surface area is 170 Å². The summed E-state index contributed by atoms with van der Waals surface area (Å²) in [6, 6.07) is 13.3. The average molecular weight is 407 g/mol. The highest BCUT2D eigenvalue weighted by atomic mass is 35.5. The van der Waals surface area contributed by atoms with Crippen LogP contribution < -0.4 is 10.1 Å². The maximum absolute atomic E-state index is 12.5. The van der Waals surface area contributed by atoms with E-state index < -0.39 is 0 Å². The molecule has 2 aromatic carbocycles. The molecule has 1 amide bonds. The summed E-state index contributed by atoms with van der Waals surface area (Å²) in [5.41, 5.74) is 2.00. The van der Waals surface area contributed by atoms with Crippen molar-refractivity contribution in [2.75, 3.05) is 20.2 Å². The Hall–Kier alpha value is -1.75. The van der Waals surface area contributed by atoms with Crippen LogP contribution in [0.1, 0.15) is 24.0 Å². The standard InChI is InChI=1S/C21H24Cl2N2O2/c1-27-17-5-2-4-15(12-17)13-24-21(26)16-8-10-25(11-9-16)14-18-19(22)6-3-7-20(18)23/h2-7,12,16H,8-11,13-14H2,1H3,(H,24,26). The van der Waals surface area contributed by atoms with E-state index in [1.807, 2.05) is 42.5 Å². The van der Waals surface area contributed by atoms with Gasteiger partial charge < -0.3 is 10.1 Å². The van der Waals surface area contributed by atoms with E-state index >= 15 is 0 Å². The van der Waals surface area contributed by atoms with Gasteiger partial charge in [0.25, 0.3) is 0 Å². The molecule has 1 aliphatic heterocycles. The molecule has 0 aromatic heterocycles. The number of amides is 1. The normalized spacial score (nSPS) is 15.5. The van der Waals surface area contributed by atoms with Gasteiger partial charge in [-0.3, -0.25) is 9.69 Å². The molecule has 0 unspecified atom stereocenters. The summed E-state index contributed by atoms with van der Waals surface area (Å²) in [7, 11) is 1.64. The van der Waals surface area contributed by atoms with Crippen LogP contribution in [0, 0.1) is 5.92 Å². The van der Waals surface area contributed by atoms with Crippen molar-refractivity contribution in [3.63, 3.8) is 0 Å². The second-order valence-corrected chi connectivity index (χ2v) is 7.63. The molecule has 144 valence electrons. The van der Waals surface area contributed by atoms with Crippen LogP contribution >= 0.6 is 23.2 Å². The molecule has 4 nitrogen and oxygen atoms in total. The van der Waals surface area contributed by atoms with Gasteiger partial charge in [0.15, 0.2) is 0 Å². The second kappa shape index (κ2) is 9.45. The lowest BCUT2D eigenvalue weighted by atomic mass is 9.95. The van der Waals surface area contributed by atoms with E-state index in [1.165, 1.54) is 0 Å². The first-order chi connectivity index (χ1) is 13.1. The van der Waals surface area contributed by atoms with Crippen molar-refractivity contribution >= 4 is 29.1 Å². The number of likely N-dealkylation sites (tertiary alicyclic amines) is 1. The molecule has 1 fully saturated rings. The monoisotopic (exact) mass is 406 g/mol. The first kappa shape index (κ1) is 20.0. The summed E-state index contributed by atoms with van der Waals surface area (Å²) in [4.78, 5) is 14.8. The number of nitrogens with one attached hydrogen (secondary N) is 1. The average Bonchev–Trinajstić information content (AvgIpc) is 2.69. The molecule has 0 spiro atoms. The fourth-order valence-electron chi connectivity index (χ4n) is 3.38. The quantitative estimate of drug-likeness (QED) is 0.765. The van der Waals surface area contributed by atoms with E-state index in [2.05, 4.69) is 10.2 Å². The van der Waals surface area contributed by atoms with Gasteiger partial charge in [-0.05, 0) is 55.8 Å². The number of rotatable bonds is 6. The number of carbonyl (C=O) groups is 1. The van der Waals surface area contributed by atoms with Crippen molar-refractivity contribution in [3.8, 4) is 5.75 Å². The molecule has 0 saturated carbocycles. The highest BCUT2D eigenvalue weighted by Gasteiger charge is 2.25. The zero-order valence-electron chi connectivity index (χ0n) is 15.4. The molecule has 0 aliphatic carbocycles. The van der Waals surface area contributed by atoms with Crippen LogP contribution in [0.5, 0.6) is 5.75 Å². The van der Waals surface area contributed by atoms with Gasteiger partial charge in [0.05, 0.1) is 7.11 Å². The van der Waals surface area contributed by atoms with E-state index in [0.717, 1.165) is 49.4 Å². The van der Waals surface area contributed by atoms with Crippen LogP contribution in [0.15, 0.2) is 42.5 Å². The number of methoxy groups -OCH3 is 1. The number of piperidine rings is 1. The molecule has 6 heteroatoms. The smallest absolute Gasteiger partial charge is 0.223 e. The van der Waals surface area contributed by atoms with Crippen LogP contribution in [-0.2, 0) is 17.9 Å². The Bertz CT molecular complexity index is 769. The number of carbonyl (C=O) groups excluding carboxylic acids is 1. The van der Waals surface area contributed by atoms with Crippen LogP contribution in [0.2, 0.25) is 10.0 Å². The van der Waals surface area contributed by atoms with Gasteiger partial charge in [0, 0.05) is 34.6 Å². The van der Waals surface area contributed by atoms with Gasteiger partial charge in [-0.25, -0.2) is 0 Å². The molecular formula is C21H24Cl2N2O2. The third-order valence-electron chi connectivity index (χ3n) is 5.00. The Morgan fingerprint density at radius 1 is 1.15 bits per heavy atom. The van der Waals surface area contributed by atoms with Gasteiger partial charge in [0.1, 0.15) is 5.75 Å². The van der Waals surface area contributed by atoms with Crippen molar-refractivity contribution in [3.05, 3.63) is 63.6 Å². The predicted molar refractivity (Wildman–Crippen MR) is 109 cm³/mol. The third kappa shape index (κ3) is 5.38. The van der Waals surface area contributed by atoms with Crippen LogP contribution in [-0.4, -0.2) is 31.0 Å². The summed E-state index contributed by atoms with van der Waals surface area (Å²) in [6.07, 6.45) is 1.68. The lowest BCUT2D eigenvalue weighted by Crippen LogP contribution is -2.40. The summed E-state index contributed by atoms with van der Waals surface area (Å²) in [5, 5.41) is 4.44. The topological polar surface area (TPSA) is 41.6 Å². The van der Waals surface area contributed by atoms with Crippen LogP contribution in [0.25, 0.3) is 0 Å². The first-order valence-electron chi connectivity index (χ1n) is 9.12. The number of benzene rings is 2. The van der Waals surface area contributed by atoms with E-state index in [0.29, 0.717) is 16.6 Å². The minimum atomic E-state index is 0.0496. The highest BCUT2D eigenvalue weighted by Crippen LogP contribution is 2.27. The molecule has 0 bridgehead atoms. The summed E-state index contributed by atoms with van der Waals surface area (Å²) < 4.78 is 5.22. The molecule has 1 saturated heterocycles. The molecule has 2 aromatic rings. The molecule has 0 radical (unpaired) electrons. The molecule has 3 rings (SSSR count). The van der Waals surface area contributed by atoms with Gasteiger partial charge in [-0.1, -0.05) is 41.4 Å². The molecule has 0 atom stereocenters. The van der Waals surface area contributed by atoms with Gasteiger partial charge in [-0.2, -0.15) is 0 Å². The van der Waals surface area contributed by atoms with Gasteiger partial charge >= 0.3 is 0 Å². The number of ether oxygens (including phenoxy) is 1. The summed E-state index contributed by atoms with van der Waals surface area (Å²) in [6.45, 7) is 2.96. The number of hydrogen-bond acceptors (Lipinski definition) is 3. The van der Waals surface area contributed by atoms with Crippen LogP contribution in [0.3, 0.4) is 0 Å². The largest absolute Gasteiger partial charge is 0.497 e. The Kier molecular flexibility index (Phi) is 7.00. The van der Waals surface area contributed by atoms with Crippen molar-refractivity contribution in [1.29, 1.82) is 0 Å². The number of hydrogen-bond donors (Lipinski definition) is 1. The minimum Gasteiger partial charge on any atom is -0.497 e. The summed E-state index contributed by atoms with van der Waals surface area (Å²) in [5.74, 6) is 0.968. The van der Waals surface area contributed by atoms with Crippen molar-refractivity contribution in [2.45, 2.75) is 25.9 Å². The minimum absolute atomic E-state index is 0.0496. The molecular weight excluding hydrogens is 383 g/mol. The first-order valence-corrected chi connectivity index (χ1v) is 9.88. The third-order valence-corrected chi connectivity index (χ3v) is 5.71. The maximum atomic E-state index is 12.5. The molecule has 27 heavy (non-hydrogen) atoms. The van der Waals surface area contributed by atoms with Crippen LogP contribution in [0.4, 0.5) is 0 Å².